The maximum absolute atomic E-state index is 13.1. The Morgan fingerprint density at radius 3 is 2.12 bits per heavy atom. The van der Waals surface area contributed by atoms with Crippen molar-refractivity contribution in [3.8, 4) is 0 Å². The number of carbonyl (C=O) groups is 3. The van der Waals surface area contributed by atoms with Gasteiger partial charge in [0.15, 0.2) is 0 Å². The number of hydrogen-bond acceptors (Lipinski definition) is 5. The molecule has 0 bridgehead atoms. The van der Waals surface area contributed by atoms with Crippen molar-refractivity contribution in [1.82, 2.24) is 0 Å². The van der Waals surface area contributed by atoms with Gasteiger partial charge >= 0.3 is 11.9 Å². The third kappa shape index (κ3) is 5.01. The zero-order valence-corrected chi connectivity index (χ0v) is 14.1. The number of esters is 2. The molecule has 0 saturated heterocycles. The van der Waals surface area contributed by atoms with E-state index in [1.807, 2.05) is 0 Å². The van der Waals surface area contributed by atoms with Crippen LogP contribution in [-0.4, -0.2) is 32.1 Å². The van der Waals surface area contributed by atoms with Crippen LogP contribution in [0.5, 0.6) is 0 Å². The van der Waals surface area contributed by atoms with E-state index in [0.29, 0.717) is 5.56 Å². The van der Waals surface area contributed by atoms with E-state index < -0.39 is 23.7 Å². The largest absolute Gasteiger partial charge is 0.465 e. The van der Waals surface area contributed by atoms with Crippen molar-refractivity contribution in [2.45, 2.75) is 0 Å². The summed E-state index contributed by atoms with van der Waals surface area (Å²) >= 11 is 0. The van der Waals surface area contributed by atoms with Crippen molar-refractivity contribution in [3.63, 3.8) is 0 Å². The maximum Gasteiger partial charge on any atom is 0.337 e. The Morgan fingerprint density at radius 1 is 0.962 bits per heavy atom. The third-order valence-corrected chi connectivity index (χ3v) is 3.32. The van der Waals surface area contributed by atoms with Gasteiger partial charge in [-0.25, -0.2) is 14.0 Å². The van der Waals surface area contributed by atoms with Crippen LogP contribution in [0, 0.1) is 5.82 Å². The van der Waals surface area contributed by atoms with E-state index in [1.165, 1.54) is 62.8 Å². The van der Waals surface area contributed by atoms with Gasteiger partial charge in [0.2, 0.25) is 5.91 Å². The maximum atomic E-state index is 13.1. The second kappa shape index (κ2) is 8.57. The van der Waals surface area contributed by atoms with Crippen LogP contribution < -0.4 is 5.32 Å². The van der Waals surface area contributed by atoms with Gasteiger partial charge in [-0.05, 0) is 42.0 Å². The third-order valence-electron chi connectivity index (χ3n) is 3.32. The summed E-state index contributed by atoms with van der Waals surface area (Å²) < 4.78 is 22.4. The minimum Gasteiger partial charge on any atom is -0.465 e. The molecular weight excluding hydrogens is 341 g/mol. The normalized spacial score (nSPS) is 10.4. The van der Waals surface area contributed by atoms with Crippen LogP contribution in [0.4, 0.5) is 10.1 Å². The first kappa shape index (κ1) is 18.9. The van der Waals surface area contributed by atoms with Gasteiger partial charge in [-0.3, -0.25) is 4.79 Å². The number of rotatable bonds is 5. The van der Waals surface area contributed by atoms with Crippen molar-refractivity contribution < 1.29 is 28.2 Å². The summed E-state index contributed by atoms with van der Waals surface area (Å²) in [6.45, 7) is 0. The lowest BCUT2D eigenvalue weighted by atomic mass is 10.1. The monoisotopic (exact) mass is 357 g/mol. The Hall–Kier alpha value is -3.48. The average molecular weight is 357 g/mol. The first-order valence-corrected chi connectivity index (χ1v) is 7.49. The summed E-state index contributed by atoms with van der Waals surface area (Å²) in [4.78, 5) is 35.5. The zero-order valence-electron chi connectivity index (χ0n) is 14.1. The lowest BCUT2D eigenvalue weighted by Crippen LogP contribution is -2.12. The van der Waals surface area contributed by atoms with E-state index >= 15 is 0 Å². The highest BCUT2D eigenvalue weighted by molar-refractivity contribution is 6.04. The number of benzene rings is 2. The number of amides is 1. The summed E-state index contributed by atoms with van der Waals surface area (Å²) in [7, 11) is 2.40. The van der Waals surface area contributed by atoms with Gasteiger partial charge in [0.05, 0.1) is 25.3 Å². The Bertz CT molecular complexity index is 842. The molecule has 2 aromatic carbocycles. The molecule has 0 aromatic heterocycles. The summed E-state index contributed by atoms with van der Waals surface area (Å²) in [6.07, 6.45) is 2.64. The molecule has 1 amide bonds. The van der Waals surface area contributed by atoms with E-state index in [4.69, 9.17) is 0 Å². The molecule has 2 aromatic rings. The number of ether oxygens (including phenoxy) is 2. The molecule has 134 valence electrons. The van der Waals surface area contributed by atoms with Crippen LogP contribution in [0.2, 0.25) is 0 Å². The molecule has 26 heavy (non-hydrogen) atoms. The van der Waals surface area contributed by atoms with E-state index in [2.05, 4.69) is 14.8 Å². The van der Waals surface area contributed by atoms with Gasteiger partial charge in [0.1, 0.15) is 5.82 Å². The van der Waals surface area contributed by atoms with Crippen LogP contribution in [-0.2, 0) is 14.3 Å². The summed E-state index contributed by atoms with van der Waals surface area (Å²) in [6, 6.07) is 9.77. The van der Waals surface area contributed by atoms with Crippen LogP contribution in [0.3, 0.4) is 0 Å². The highest BCUT2D eigenvalue weighted by Gasteiger charge is 2.14. The smallest absolute Gasteiger partial charge is 0.337 e. The molecule has 0 saturated carbocycles. The Labute approximate surface area is 149 Å². The summed E-state index contributed by atoms with van der Waals surface area (Å²) in [5, 5.41) is 2.53. The van der Waals surface area contributed by atoms with Gasteiger partial charge in [-0.1, -0.05) is 12.1 Å². The highest BCUT2D eigenvalue weighted by atomic mass is 19.1. The fraction of sp³-hybridized carbons (Fsp3) is 0.105. The van der Waals surface area contributed by atoms with E-state index in [9.17, 15) is 18.8 Å². The molecule has 2 rings (SSSR count). The molecule has 0 spiro atoms. The van der Waals surface area contributed by atoms with Crippen LogP contribution in [0.1, 0.15) is 26.3 Å². The molecular formula is C19H16FNO5. The molecule has 0 heterocycles. The quantitative estimate of drug-likeness (QED) is 0.657. The number of nitrogens with one attached hydrogen (secondary N) is 1. The Morgan fingerprint density at radius 2 is 1.58 bits per heavy atom. The standard InChI is InChI=1S/C19H16FNO5/c1-25-18(23)13-9-14(19(24)26-2)11-16(10-13)21-17(22)7-6-12-4-3-5-15(20)8-12/h3-11H,1-2H3,(H,21,22)/b7-6+. The predicted octanol–water partition coefficient (Wildman–Crippen LogP) is 3.05. The van der Waals surface area contributed by atoms with Crippen LogP contribution >= 0.6 is 0 Å². The topological polar surface area (TPSA) is 81.7 Å². The second-order valence-electron chi connectivity index (χ2n) is 5.16. The molecule has 0 unspecified atom stereocenters. The molecule has 0 radical (unpaired) electrons. The van der Waals surface area contributed by atoms with Gasteiger partial charge in [-0.15, -0.1) is 0 Å². The van der Waals surface area contributed by atoms with Crippen LogP contribution in [0.15, 0.2) is 48.5 Å². The lowest BCUT2D eigenvalue weighted by Gasteiger charge is -2.08. The molecule has 0 fully saturated rings. The van der Waals surface area contributed by atoms with Gasteiger partial charge in [-0.2, -0.15) is 0 Å². The molecule has 0 aliphatic heterocycles. The Balaban J connectivity index is 2.22. The average Bonchev–Trinajstić information content (AvgIpc) is 2.64. The predicted molar refractivity (Wildman–Crippen MR) is 93.2 cm³/mol. The van der Waals surface area contributed by atoms with Crippen LogP contribution in [0.25, 0.3) is 6.08 Å². The van der Waals surface area contributed by atoms with Crippen molar-refractivity contribution >= 4 is 29.6 Å². The molecule has 0 atom stereocenters. The molecule has 0 aliphatic carbocycles. The number of anilines is 1. The van der Waals surface area contributed by atoms with Crippen molar-refractivity contribution in [1.29, 1.82) is 0 Å². The SMILES string of the molecule is COC(=O)c1cc(NC(=O)/C=C/c2cccc(F)c2)cc(C(=O)OC)c1. The first-order chi connectivity index (χ1) is 12.4. The molecule has 0 aliphatic rings. The van der Waals surface area contributed by atoms with E-state index in [1.54, 1.807) is 6.07 Å². The number of carbonyl (C=O) groups excluding carboxylic acids is 3. The minimum atomic E-state index is -0.665. The molecule has 6 nitrogen and oxygen atoms in total. The fourth-order valence-electron chi connectivity index (χ4n) is 2.14. The van der Waals surface area contributed by atoms with E-state index in [0.717, 1.165) is 0 Å². The highest BCUT2D eigenvalue weighted by Crippen LogP contribution is 2.17. The summed E-state index contributed by atoms with van der Waals surface area (Å²) in [5.41, 5.74) is 0.889. The number of halogens is 1. The zero-order chi connectivity index (χ0) is 19.1. The number of hydrogen-bond donors (Lipinski definition) is 1. The lowest BCUT2D eigenvalue weighted by molar-refractivity contribution is -0.111. The van der Waals surface area contributed by atoms with Gasteiger partial charge in [0.25, 0.3) is 0 Å². The van der Waals surface area contributed by atoms with Gasteiger partial charge in [0, 0.05) is 11.8 Å². The molecule has 7 heteroatoms. The van der Waals surface area contributed by atoms with Crippen molar-refractivity contribution in [3.05, 3.63) is 71.0 Å². The minimum absolute atomic E-state index is 0.0832. The van der Waals surface area contributed by atoms with Gasteiger partial charge < -0.3 is 14.8 Å². The van der Waals surface area contributed by atoms with Crippen molar-refractivity contribution in [2.75, 3.05) is 19.5 Å². The first-order valence-electron chi connectivity index (χ1n) is 7.49. The number of methoxy groups -OCH3 is 2. The fourth-order valence-corrected chi connectivity index (χ4v) is 2.14. The van der Waals surface area contributed by atoms with Crippen molar-refractivity contribution in [2.24, 2.45) is 0 Å². The van der Waals surface area contributed by atoms with E-state index in [-0.39, 0.29) is 16.8 Å². The Kier molecular flexibility index (Phi) is 6.21. The second-order valence-corrected chi connectivity index (χ2v) is 5.16. The summed E-state index contributed by atoms with van der Waals surface area (Å²) in [5.74, 6) is -2.27. The molecule has 1 N–H and O–H groups in total.